The molecule has 0 aliphatic carbocycles. The van der Waals surface area contributed by atoms with Crippen molar-refractivity contribution in [1.29, 1.82) is 0 Å². The minimum Gasteiger partial charge on any atom is -0.445 e. The van der Waals surface area contributed by atoms with Crippen LogP contribution < -0.4 is 0 Å². The van der Waals surface area contributed by atoms with Crippen molar-refractivity contribution in [1.82, 2.24) is 9.80 Å². The summed E-state index contributed by atoms with van der Waals surface area (Å²) in [6.45, 7) is 0.295. The molecule has 2 amide bonds. The number of ether oxygens (including phenoxy) is 1. The summed E-state index contributed by atoms with van der Waals surface area (Å²) in [4.78, 5) is 27.8. The molecule has 0 aromatic heterocycles. The molecule has 2 fully saturated rings. The average Bonchev–Trinajstić information content (AvgIpc) is 2.83. The molecule has 2 aliphatic rings. The summed E-state index contributed by atoms with van der Waals surface area (Å²) >= 11 is 0. The smallest absolute Gasteiger partial charge is 0.410 e. The fourth-order valence-corrected chi connectivity index (χ4v) is 3.95. The number of hydrogen-bond donors (Lipinski definition) is 0. The van der Waals surface area contributed by atoms with Crippen molar-refractivity contribution in [3.8, 4) is 0 Å². The number of amides is 2. The second-order valence-corrected chi connectivity index (χ2v) is 6.59. The van der Waals surface area contributed by atoms with E-state index in [0.29, 0.717) is 6.61 Å². The predicted octanol–water partition coefficient (Wildman–Crippen LogP) is 2.00. The number of carbonyl (C=O) groups excluding carboxylic acids is 2. The van der Waals surface area contributed by atoms with Crippen LogP contribution >= 0.6 is 0 Å². The van der Waals surface area contributed by atoms with Crippen LogP contribution in [0.15, 0.2) is 30.3 Å². The lowest BCUT2D eigenvalue weighted by Gasteiger charge is -2.41. The Morgan fingerprint density at radius 3 is 2.39 bits per heavy atom. The van der Waals surface area contributed by atoms with E-state index in [1.165, 1.54) is 0 Å². The molecule has 0 N–H and O–H groups in total. The molecule has 2 heterocycles. The third-order valence-electron chi connectivity index (χ3n) is 5.11. The van der Waals surface area contributed by atoms with Gasteiger partial charge in [-0.1, -0.05) is 30.3 Å². The third-order valence-corrected chi connectivity index (χ3v) is 5.11. The molecule has 3 atom stereocenters. The third kappa shape index (κ3) is 3.36. The van der Waals surface area contributed by atoms with Crippen molar-refractivity contribution in [2.75, 3.05) is 7.05 Å². The SMILES string of the molecule is BC(=O)N1[C@@H]2CC[C@H]1C[C@H](N(C)C(=O)OCc1ccccc1)C2. The van der Waals surface area contributed by atoms with Gasteiger partial charge in [0, 0.05) is 25.2 Å². The summed E-state index contributed by atoms with van der Waals surface area (Å²) in [6.07, 6.45) is 3.52. The molecule has 2 saturated heterocycles. The second-order valence-electron chi connectivity index (χ2n) is 6.59. The van der Waals surface area contributed by atoms with Gasteiger partial charge in [0.25, 0.3) is 0 Å². The molecular formula is C17H23BN2O3. The number of hydrogen-bond acceptors (Lipinski definition) is 3. The lowest BCUT2D eigenvalue weighted by atomic mass is 9.93. The van der Waals surface area contributed by atoms with Gasteiger partial charge in [0.2, 0.25) is 7.85 Å². The number of rotatable bonds is 3. The van der Waals surface area contributed by atoms with Gasteiger partial charge in [-0.2, -0.15) is 0 Å². The Balaban J connectivity index is 1.55. The van der Waals surface area contributed by atoms with Crippen LogP contribution in [0.25, 0.3) is 0 Å². The van der Waals surface area contributed by atoms with E-state index in [0.717, 1.165) is 31.2 Å². The number of fused-ring (bicyclic) bond motifs is 2. The van der Waals surface area contributed by atoms with Gasteiger partial charge in [-0.05, 0) is 31.2 Å². The quantitative estimate of drug-likeness (QED) is 0.802. The molecule has 3 rings (SSSR count). The highest BCUT2D eigenvalue weighted by molar-refractivity contribution is 6.57. The van der Waals surface area contributed by atoms with Gasteiger partial charge in [-0.15, -0.1) is 0 Å². The van der Waals surface area contributed by atoms with Crippen molar-refractivity contribution in [2.45, 2.75) is 50.4 Å². The van der Waals surface area contributed by atoms with E-state index in [1.807, 2.05) is 35.2 Å². The topological polar surface area (TPSA) is 49.9 Å². The lowest BCUT2D eigenvalue weighted by Crippen LogP contribution is -2.52. The summed E-state index contributed by atoms with van der Waals surface area (Å²) in [5.41, 5.74) is 0.987. The maximum Gasteiger partial charge on any atom is 0.410 e. The molecule has 0 unspecified atom stereocenters. The fourth-order valence-electron chi connectivity index (χ4n) is 3.95. The summed E-state index contributed by atoms with van der Waals surface area (Å²) in [5.74, 6) is 0.158. The van der Waals surface area contributed by atoms with Crippen molar-refractivity contribution in [3.63, 3.8) is 0 Å². The molecule has 0 radical (unpaired) electrons. The molecule has 1 aromatic carbocycles. The average molecular weight is 314 g/mol. The van der Waals surface area contributed by atoms with Crippen molar-refractivity contribution < 1.29 is 14.3 Å². The first-order valence-electron chi connectivity index (χ1n) is 8.28. The highest BCUT2D eigenvalue weighted by Crippen LogP contribution is 2.37. The molecule has 2 bridgehead atoms. The minimum absolute atomic E-state index is 0.158. The molecule has 0 spiro atoms. The largest absolute Gasteiger partial charge is 0.445 e. The van der Waals surface area contributed by atoms with Crippen molar-refractivity contribution >= 4 is 19.7 Å². The first kappa shape index (κ1) is 15.9. The maximum absolute atomic E-state index is 12.3. The molecule has 2 aliphatic heterocycles. The molecule has 0 saturated carbocycles. The van der Waals surface area contributed by atoms with E-state index in [-0.39, 0.29) is 30.0 Å². The predicted molar refractivity (Wildman–Crippen MR) is 90.0 cm³/mol. The Bertz CT molecular complexity index is 566. The highest BCUT2D eigenvalue weighted by Gasteiger charge is 2.43. The zero-order valence-corrected chi connectivity index (χ0v) is 13.8. The standard InChI is InChI=1S/C17H23BN2O3/c1-19(17(22)23-11-12-5-3-2-4-6-12)15-9-13-7-8-14(10-15)20(13)16(18)21/h2-6,13-15H,7-11,18H2,1H3/t13-,14+,15-. The molecule has 23 heavy (non-hydrogen) atoms. The molecule has 122 valence electrons. The molecule has 6 heteroatoms. The fraction of sp³-hybridized carbons (Fsp3) is 0.529. The monoisotopic (exact) mass is 314 g/mol. The summed E-state index contributed by atoms with van der Waals surface area (Å²) in [6, 6.07) is 10.4. The van der Waals surface area contributed by atoms with Gasteiger partial charge in [0.05, 0.1) is 0 Å². The number of benzene rings is 1. The summed E-state index contributed by atoms with van der Waals surface area (Å²) in [5, 5.41) is 0. The maximum atomic E-state index is 12.3. The highest BCUT2D eigenvalue weighted by atomic mass is 16.6. The van der Waals surface area contributed by atoms with E-state index in [1.54, 1.807) is 19.8 Å². The Hall–Kier alpha value is -1.98. The Kier molecular flexibility index (Phi) is 4.60. The number of nitrogens with zero attached hydrogens (tertiary/aromatic N) is 2. The van der Waals surface area contributed by atoms with E-state index >= 15 is 0 Å². The van der Waals surface area contributed by atoms with Gasteiger partial charge in [-0.25, -0.2) is 4.79 Å². The summed E-state index contributed by atoms with van der Waals surface area (Å²) in [7, 11) is 3.45. The molecule has 1 aromatic rings. The van der Waals surface area contributed by atoms with Gasteiger partial charge >= 0.3 is 6.09 Å². The zero-order chi connectivity index (χ0) is 16.4. The van der Waals surface area contributed by atoms with E-state index in [4.69, 9.17) is 4.74 Å². The Morgan fingerprint density at radius 2 is 1.83 bits per heavy atom. The van der Waals surface area contributed by atoms with Crippen molar-refractivity contribution in [3.05, 3.63) is 35.9 Å². The normalized spacial score (nSPS) is 26.0. The second kappa shape index (κ2) is 6.65. The molecular weight excluding hydrogens is 291 g/mol. The van der Waals surface area contributed by atoms with Crippen LogP contribution in [0, 0.1) is 0 Å². The van der Waals surface area contributed by atoms with E-state index < -0.39 is 0 Å². The van der Waals surface area contributed by atoms with Gasteiger partial charge in [0.1, 0.15) is 6.61 Å². The van der Waals surface area contributed by atoms with Crippen LogP contribution in [0.3, 0.4) is 0 Å². The number of piperidine rings is 1. The van der Waals surface area contributed by atoms with Crippen molar-refractivity contribution in [2.24, 2.45) is 0 Å². The first-order valence-corrected chi connectivity index (χ1v) is 8.28. The van der Waals surface area contributed by atoms with Crippen LogP contribution in [0.2, 0.25) is 0 Å². The summed E-state index contributed by atoms with van der Waals surface area (Å²) < 4.78 is 5.41. The Labute approximate surface area is 138 Å². The number of carbonyl (C=O) groups is 2. The zero-order valence-electron chi connectivity index (χ0n) is 13.8. The van der Waals surface area contributed by atoms with Crippen LogP contribution in [0.4, 0.5) is 9.59 Å². The lowest BCUT2D eigenvalue weighted by molar-refractivity contribution is 0.0639. The van der Waals surface area contributed by atoms with E-state index in [2.05, 4.69) is 0 Å². The minimum atomic E-state index is -0.283. The van der Waals surface area contributed by atoms with Gasteiger partial charge < -0.3 is 14.5 Å². The Morgan fingerprint density at radius 1 is 1.22 bits per heavy atom. The van der Waals surface area contributed by atoms with Crippen LogP contribution in [-0.2, 0) is 11.3 Å². The first-order chi connectivity index (χ1) is 11.1. The van der Waals surface area contributed by atoms with Crippen LogP contribution in [0.1, 0.15) is 31.2 Å². The van der Waals surface area contributed by atoms with Gasteiger partial charge in [0.15, 0.2) is 5.81 Å². The van der Waals surface area contributed by atoms with Crippen LogP contribution in [0.5, 0.6) is 0 Å². The van der Waals surface area contributed by atoms with E-state index in [9.17, 15) is 9.59 Å². The van der Waals surface area contributed by atoms with Gasteiger partial charge in [-0.3, -0.25) is 4.79 Å². The van der Waals surface area contributed by atoms with Crippen LogP contribution in [-0.4, -0.2) is 54.7 Å². The molecule has 5 nitrogen and oxygen atoms in total.